The SMILES string of the molecule is Cc1cc(Br)cnc1N1CCCC(=O)C1. The fraction of sp³-hybridized carbons (Fsp3) is 0.455. The average Bonchev–Trinajstić information content (AvgIpc) is 2.17. The molecule has 0 spiro atoms. The number of anilines is 1. The molecule has 1 aromatic heterocycles. The molecule has 3 nitrogen and oxygen atoms in total. The first-order chi connectivity index (χ1) is 7.16. The van der Waals surface area contributed by atoms with Gasteiger partial charge in [0.25, 0.3) is 0 Å². The van der Waals surface area contributed by atoms with Gasteiger partial charge in [0, 0.05) is 23.6 Å². The second kappa shape index (κ2) is 4.31. The van der Waals surface area contributed by atoms with Gasteiger partial charge in [-0.25, -0.2) is 4.98 Å². The normalized spacial score (nSPS) is 16.9. The number of carbonyl (C=O) groups is 1. The van der Waals surface area contributed by atoms with Crippen molar-refractivity contribution in [2.45, 2.75) is 19.8 Å². The van der Waals surface area contributed by atoms with Crippen LogP contribution in [0.1, 0.15) is 18.4 Å². The lowest BCUT2D eigenvalue weighted by atomic mass is 10.1. The van der Waals surface area contributed by atoms with Crippen LogP contribution in [0.5, 0.6) is 0 Å². The summed E-state index contributed by atoms with van der Waals surface area (Å²) in [5, 5.41) is 0. The number of carbonyl (C=O) groups excluding carboxylic acids is 1. The van der Waals surface area contributed by atoms with Crippen molar-refractivity contribution in [3.05, 3.63) is 22.3 Å². The zero-order chi connectivity index (χ0) is 10.8. The van der Waals surface area contributed by atoms with E-state index in [0.717, 1.165) is 28.8 Å². The standard InChI is InChI=1S/C11H13BrN2O/c1-8-5-9(12)6-13-11(8)14-4-2-3-10(15)7-14/h5-6H,2-4,7H2,1H3. The van der Waals surface area contributed by atoms with Crippen LogP contribution in [0.25, 0.3) is 0 Å². The molecule has 0 aromatic carbocycles. The number of aromatic nitrogens is 1. The third kappa shape index (κ3) is 2.37. The molecule has 0 aliphatic carbocycles. The summed E-state index contributed by atoms with van der Waals surface area (Å²) in [4.78, 5) is 17.8. The second-order valence-corrected chi connectivity index (χ2v) is 4.77. The Bertz CT molecular complexity index is 392. The monoisotopic (exact) mass is 268 g/mol. The smallest absolute Gasteiger partial charge is 0.152 e. The van der Waals surface area contributed by atoms with Crippen LogP contribution in [0.4, 0.5) is 5.82 Å². The van der Waals surface area contributed by atoms with Gasteiger partial charge in [0.1, 0.15) is 5.82 Å². The zero-order valence-corrected chi connectivity index (χ0v) is 10.2. The van der Waals surface area contributed by atoms with Gasteiger partial charge < -0.3 is 4.90 Å². The van der Waals surface area contributed by atoms with Crippen molar-refractivity contribution >= 4 is 27.5 Å². The molecule has 4 heteroatoms. The molecule has 0 bridgehead atoms. The van der Waals surface area contributed by atoms with E-state index in [1.807, 2.05) is 13.0 Å². The Morgan fingerprint density at radius 3 is 3.00 bits per heavy atom. The Balaban J connectivity index is 2.24. The minimum atomic E-state index is 0.311. The summed E-state index contributed by atoms with van der Waals surface area (Å²) in [6.07, 6.45) is 3.43. The number of ketones is 1. The molecule has 1 aliphatic rings. The first-order valence-electron chi connectivity index (χ1n) is 5.05. The average molecular weight is 269 g/mol. The maximum atomic E-state index is 11.3. The van der Waals surface area contributed by atoms with Crippen LogP contribution in [-0.4, -0.2) is 23.9 Å². The number of hydrogen-bond acceptors (Lipinski definition) is 3. The first kappa shape index (κ1) is 10.6. The lowest BCUT2D eigenvalue weighted by Gasteiger charge is -2.28. The highest BCUT2D eigenvalue weighted by molar-refractivity contribution is 9.10. The molecule has 2 rings (SSSR count). The van der Waals surface area contributed by atoms with Gasteiger partial charge in [0.05, 0.1) is 6.54 Å². The van der Waals surface area contributed by atoms with Gasteiger partial charge in [0.2, 0.25) is 0 Å². The molecule has 0 unspecified atom stereocenters. The van der Waals surface area contributed by atoms with E-state index in [1.165, 1.54) is 0 Å². The van der Waals surface area contributed by atoms with Crippen LogP contribution >= 0.6 is 15.9 Å². The van der Waals surface area contributed by atoms with E-state index in [0.29, 0.717) is 18.7 Å². The molecule has 0 atom stereocenters. The number of halogens is 1. The minimum Gasteiger partial charge on any atom is -0.349 e. The lowest BCUT2D eigenvalue weighted by Crippen LogP contribution is -2.36. The third-order valence-electron chi connectivity index (χ3n) is 2.57. The maximum Gasteiger partial charge on any atom is 0.152 e. The van der Waals surface area contributed by atoms with Crippen LogP contribution in [-0.2, 0) is 4.79 Å². The molecule has 0 N–H and O–H groups in total. The minimum absolute atomic E-state index is 0.311. The lowest BCUT2D eigenvalue weighted by molar-refractivity contribution is -0.118. The molecule has 0 radical (unpaired) electrons. The van der Waals surface area contributed by atoms with Gasteiger partial charge in [-0.15, -0.1) is 0 Å². The van der Waals surface area contributed by atoms with Crippen molar-refractivity contribution in [3.63, 3.8) is 0 Å². The van der Waals surface area contributed by atoms with E-state index < -0.39 is 0 Å². The number of hydrogen-bond donors (Lipinski definition) is 0. The van der Waals surface area contributed by atoms with Crippen molar-refractivity contribution < 1.29 is 4.79 Å². The van der Waals surface area contributed by atoms with Crippen LogP contribution in [0.15, 0.2) is 16.7 Å². The van der Waals surface area contributed by atoms with Gasteiger partial charge in [0.15, 0.2) is 5.78 Å². The maximum absolute atomic E-state index is 11.3. The molecular weight excluding hydrogens is 256 g/mol. The van der Waals surface area contributed by atoms with Crippen molar-refractivity contribution in [2.24, 2.45) is 0 Å². The van der Waals surface area contributed by atoms with E-state index >= 15 is 0 Å². The molecular formula is C11H13BrN2O. The van der Waals surface area contributed by atoms with E-state index in [1.54, 1.807) is 6.20 Å². The molecule has 0 amide bonds. The van der Waals surface area contributed by atoms with E-state index in [9.17, 15) is 4.79 Å². The van der Waals surface area contributed by atoms with E-state index in [-0.39, 0.29) is 0 Å². The quantitative estimate of drug-likeness (QED) is 0.784. The molecule has 1 aromatic rings. The second-order valence-electron chi connectivity index (χ2n) is 3.86. The summed E-state index contributed by atoms with van der Waals surface area (Å²) in [5.74, 6) is 1.25. The third-order valence-corrected chi connectivity index (χ3v) is 3.00. The van der Waals surface area contributed by atoms with Gasteiger partial charge in [-0.3, -0.25) is 4.79 Å². The van der Waals surface area contributed by atoms with Crippen molar-refractivity contribution in [1.82, 2.24) is 4.98 Å². The summed E-state index contributed by atoms with van der Waals surface area (Å²) in [5.41, 5.74) is 1.11. The number of piperidine rings is 1. The summed E-state index contributed by atoms with van der Waals surface area (Å²) >= 11 is 3.38. The zero-order valence-electron chi connectivity index (χ0n) is 8.66. The number of aryl methyl sites for hydroxylation is 1. The van der Waals surface area contributed by atoms with Crippen molar-refractivity contribution in [2.75, 3.05) is 18.0 Å². The van der Waals surface area contributed by atoms with Crippen LogP contribution in [0.3, 0.4) is 0 Å². The molecule has 15 heavy (non-hydrogen) atoms. The summed E-state index contributed by atoms with van der Waals surface area (Å²) in [6, 6.07) is 2.03. The van der Waals surface area contributed by atoms with Gasteiger partial charge in [-0.1, -0.05) is 0 Å². The van der Waals surface area contributed by atoms with Gasteiger partial charge in [-0.05, 0) is 40.9 Å². The number of Topliss-reactive ketones (excluding diaryl/α,β-unsaturated/α-hetero) is 1. The molecule has 1 saturated heterocycles. The summed E-state index contributed by atoms with van der Waals surface area (Å²) in [7, 11) is 0. The molecule has 2 heterocycles. The van der Waals surface area contributed by atoms with Crippen LogP contribution in [0, 0.1) is 6.92 Å². The molecule has 0 saturated carbocycles. The predicted octanol–water partition coefficient (Wildman–Crippen LogP) is 2.32. The van der Waals surface area contributed by atoms with Crippen molar-refractivity contribution in [1.29, 1.82) is 0 Å². The Hall–Kier alpha value is -0.900. The predicted molar refractivity (Wildman–Crippen MR) is 63.1 cm³/mol. The number of pyridine rings is 1. The van der Waals surface area contributed by atoms with E-state index in [2.05, 4.69) is 25.8 Å². The largest absolute Gasteiger partial charge is 0.349 e. The van der Waals surface area contributed by atoms with Crippen LogP contribution < -0.4 is 4.90 Å². The molecule has 80 valence electrons. The van der Waals surface area contributed by atoms with Crippen molar-refractivity contribution in [3.8, 4) is 0 Å². The van der Waals surface area contributed by atoms with Gasteiger partial charge >= 0.3 is 0 Å². The Labute approximate surface area is 97.6 Å². The highest BCUT2D eigenvalue weighted by atomic mass is 79.9. The highest BCUT2D eigenvalue weighted by Crippen LogP contribution is 2.22. The van der Waals surface area contributed by atoms with E-state index in [4.69, 9.17) is 0 Å². The molecule has 1 aliphatic heterocycles. The number of rotatable bonds is 1. The fourth-order valence-electron chi connectivity index (χ4n) is 1.88. The van der Waals surface area contributed by atoms with Gasteiger partial charge in [-0.2, -0.15) is 0 Å². The Morgan fingerprint density at radius 1 is 1.53 bits per heavy atom. The number of nitrogens with zero attached hydrogens (tertiary/aromatic N) is 2. The fourth-order valence-corrected chi connectivity index (χ4v) is 2.33. The summed E-state index contributed by atoms with van der Waals surface area (Å²) in [6.45, 7) is 3.46. The van der Waals surface area contributed by atoms with Crippen LogP contribution in [0.2, 0.25) is 0 Å². The topological polar surface area (TPSA) is 33.2 Å². The first-order valence-corrected chi connectivity index (χ1v) is 5.85. The molecule has 1 fully saturated rings. The highest BCUT2D eigenvalue weighted by Gasteiger charge is 2.19. The Morgan fingerprint density at radius 2 is 2.33 bits per heavy atom. The summed E-state index contributed by atoms with van der Waals surface area (Å²) < 4.78 is 0.979. The Kier molecular flexibility index (Phi) is 3.05.